The van der Waals surface area contributed by atoms with Gasteiger partial charge in [-0.15, -0.1) is 10.2 Å². The molecule has 22 heavy (non-hydrogen) atoms. The fraction of sp³-hybridized carbons (Fsp3) is 0.188. The van der Waals surface area contributed by atoms with Crippen molar-refractivity contribution in [3.8, 4) is 0 Å². The van der Waals surface area contributed by atoms with Gasteiger partial charge in [0.1, 0.15) is 12.0 Å². The summed E-state index contributed by atoms with van der Waals surface area (Å²) in [5, 5.41) is 7.82. The van der Waals surface area contributed by atoms with Crippen LogP contribution in [0.1, 0.15) is 16.1 Å². The molecule has 0 aliphatic heterocycles. The third kappa shape index (κ3) is 2.82. The molecule has 0 atom stereocenters. The quantitative estimate of drug-likeness (QED) is 0.770. The summed E-state index contributed by atoms with van der Waals surface area (Å²) in [6.45, 7) is 1.43. The monoisotopic (exact) mass is 295 g/mol. The smallest absolute Gasteiger partial charge is 0.271 e. The molecule has 0 fully saturated rings. The maximum Gasteiger partial charge on any atom is 0.271 e. The summed E-state index contributed by atoms with van der Waals surface area (Å²) >= 11 is 0. The van der Waals surface area contributed by atoms with Gasteiger partial charge in [-0.25, -0.2) is 0 Å². The lowest BCUT2D eigenvalue weighted by Crippen LogP contribution is -2.35. The van der Waals surface area contributed by atoms with Crippen LogP contribution in [0.25, 0.3) is 5.65 Å². The van der Waals surface area contributed by atoms with Crippen LogP contribution in [0.5, 0.6) is 0 Å². The highest BCUT2D eigenvalue weighted by Crippen LogP contribution is 2.11. The lowest BCUT2D eigenvalue weighted by atomic mass is 10.2. The van der Waals surface area contributed by atoms with E-state index in [-0.39, 0.29) is 5.91 Å². The summed E-state index contributed by atoms with van der Waals surface area (Å²) in [5.74, 6) is -0.0836. The second-order valence-electron chi connectivity index (χ2n) is 4.97. The van der Waals surface area contributed by atoms with Gasteiger partial charge >= 0.3 is 0 Å². The number of benzene rings is 1. The summed E-state index contributed by atoms with van der Waals surface area (Å²) in [7, 11) is 0. The van der Waals surface area contributed by atoms with Crippen LogP contribution < -0.4 is 5.73 Å². The minimum Gasteiger partial charge on any atom is -0.332 e. The Balaban J connectivity index is 1.91. The number of hydrogen-bond acceptors (Lipinski definition) is 4. The highest BCUT2D eigenvalue weighted by Gasteiger charge is 2.18. The SMILES string of the molecule is NCCN(Cc1ccccc1)C(=O)c1cccc2nncn12. The molecule has 6 heteroatoms. The van der Waals surface area contributed by atoms with Crippen molar-refractivity contribution >= 4 is 11.6 Å². The van der Waals surface area contributed by atoms with Crippen LogP contribution in [0.2, 0.25) is 0 Å². The Hall–Kier alpha value is -2.73. The Morgan fingerprint density at radius 2 is 1.95 bits per heavy atom. The molecule has 0 unspecified atom stereocenters. The van der Waals surface area contributed by atoms with Crippen molar-refractivity contribution in [3.05, 3.63) is 66.1 Å². The van der Waals surface area contributed by atoms with Crippen molar-refractivity contribution in [2.24, 2.45) is 5.73 Å². The van der Waals surface area contributed by atoms with Gasteiger partial charge in [0.15, 0.2) is 5.65 Å². The molecule has 2 N–H and O–H groups in total. The summed E-state index contributed by atoms with van der Waals surface area (Å²) in [5.41, 5.74) is 7.92. The lowest BCUT2D eigenvalue weighted by molar-refractivity contribution is 0.0740. The molecule has 0 saturated heterocycles. The van der Waals surface area contributed by atoms with Crippen LogP contribution in [-0.4, -0.2) is 38.5 Å². The van der Waals surface area contributed by atoms with Gasteiger partial charge < -0.3 is 10.6 Å². The largest absolute Gasteiger partial charge is 0.332 e. The molecule has 6 nitrogen and oxygen atoms in total. The zero-order valence-corrected chi connectivity index (χ0v) is 12.1. The van der Waals surface area contributed by atoms with Gasteiger partial charge in [0.25, 0.3) is 5.91 Å². The molecule has 112 valence electrons. The Kier molecular flexibility index (Phi) is 4.11. The maximum absolute atomic E-state index is 12.8. The lowest BCUT2D eigenvalue weighted by Gasteiger charge is -2.22. The molecule has 1 aromatic carbocycles. The molecule has 1 amide bonds. The van der Waals surface area contributed by atoms with Crippen LogP contribution >= 0.6 is 0 Å². The minimum absolute atomic E-state index is 0.0836. The Morgan fingerprint density at radius 1 is 1.14 bits per heavy atom. The van der Waals surface area contributed by atoms with Crippen LogP contribution in [-0.2, 0) is 6.54 Å². The van der Waals surface area contributed by atoms with Crippen LogP contribution in [0, 0.1) is 0 Å². The first kappa shape index (κ1) is 14.2. The van der Waals surface area contributed by atoms with Gasteiger partial charge in [-0.2, -0.15) is 0 Å². The van der Waals surface area contributed by atoms with Crippen molar-refractivity contribution < 1.29 is 4.79 Å². The van der Waals surface area contributed by atoms with Gasteiger partial charge in [-0.1, -0.05) is 36.4 Å². The Bertz CT molecular complexity index is 768. The van der Waals surface area contributed by atoms with Gasteiger partial charge in [-0.05, 0) is 17.7 Å². The minimum atomic E-state index is -0.0836. The number of carbonyl (C=O) groups is 1. The van der Waals surface area contributed by atoms with Gasteiger partial charge in [0, 0.05) is 19.6 Å². The summed E-state index contributed by atoms with van der Waals surface area (Å²) in [6.07, 6.45) is 1.55. The number of hydrogen-bond donors (Lipinski definition) is 1. The van der Waals surface area contributed by atoms with E-state index in [9.17, 15) is 4.79 Å². The van der Waals surface area contributed by atoms with E-state index in [4.69, 9.17) is 5.73 Å². The summed E-state index contributed by atoms with van der Waals surface area (Å²) in [6, 6.07) is 15.3. The van der Waals surface area contributed by atoms with E-state index >= 15 is 0 Å². The van der Waals surface area contributed by atoms with Crippen molar-refractivity contribution in [3.63, 3.8) is 0 Å². The topological polar surface area (TPSA) is 76.5 Å². The first-order chi connectivity index (χ1) is 10.8. The second kappa shape index (κ2) is 6.36. The fourth-order valence-electron chi connectivity index (χ4n) is 2.40. The van der Waals surface area contributed by atoms with Crippen molar-refractivity contribution in [1.82, 2.24) is 19.5 Å². The molecule has 0 radical (unpaired) electrons. The van der Waals surface area contributed by atoms with Crippen molar-refractivity contribution in [2.45, 2.75) is 6.54 Å². The third-order valence-electron chi connectivity index (χ3n) is 3.45. The number of nitrogens with two attached hydrogens (primary N) is 1. The van der Waals surface area contributed by atoms with Crippen molar-refractivity contribution in [2.75, 3.05) is 13.1 Å². The maximum atomic E-state index is 12.8. The van der Waals surface area contributed by atoms with Crippen LogP contribution in [0.4, 0.5) is 0 Å². The molecular formula is C16H17N5O. The molecule has 0 aliphatic rings. The zero-order valence-electron chi connectivity index (χ0n) is 12.1. The summed E-state index contributed by atoms with van der Waals surface area (Å²) in [4.78, 5) is 14.6. The van der Waals surface area contributed by atoms with Crippen LogP contribution in [0.15, 0.2) is 54.9 Å². The number of amides is 1. The first-order valence-electron chi connectivity index (χ1n) is 7.11. The average molecular weight is 295 g/mol. The van der Waals surface area contributed by atoms with Gasteiger partial charge in [0.2, 0.25) is 0 Å². The Morgan fingerprint density at radius 3 is 2.73 bits per heavy atom. The van der Waals surface area contributed by atoms with E-state index in [2.05, 4.69) is 10.2 Å². The fourth-order valence-corrected chi connectivity index (χ4v) is 2.40. The Labute approximate surface area is 128 Å². The van der Waals surface area contributed by atoms with E-state index in [1.807, 2.05) is 36.4 Å². The van der Waals surface area contributed by atoms with E-state index in [1.54, 1.807) is 27.8 Å². The normalized spacial score (nSPS) is 10.8. The molecule has 2 heterocycles. The summed E-state index contributed by atoms with van der Waals surface area (Å²) < 4.78 is 1.69. The number of nitrogens with zero attached hydrogens (tertiary/aromatic N) is 4. The average Bonchev–Trinajstić information content (AvgIpc) is 3.03. The molecule has 3 aromatic rings. The second-order valence-corrected chi connectivity index (χ2v) is 4.97. The zero-order chi connectivity index (χ0) is 15.4. The van der Waals surface area contributed by atoms with E-state index in [1.165, 1.54) is 0 Å². The van der Waals surface area contributed by atoms with Crippen LogP contribution in [0.3, 0.4) is 0 Å². The van der Waals surface area contributed by atoms with Gasteiger partial charge in [-0.3, -0.25) is 9.20 Å². The number of carbonyl (C=O) groups excluding carboxylic acids is 1. The van der Waals surface area contributed by atoms with E-state index in [0.29, 0.717) is 31.0 Å². The number of fused-ring (bicyclic) bond motifs is 1. The van der Waals surface area contributed by atoms with E-state index < -0.39 is 0 Å². The molecule has 0 spiro atoms. The molecule has 0 aliphatic carbocycles. The predicted octanol–water partition coefficient (Wildman–Crippen LogP) is 1.33. The van der Waals surface area contributed by atoms with Gasteiger partial charge in [0.05, 0.1) is 0 Å². The molecule has 2 aromatic heterocycles. The highest BCUT2D eigenvalue weighted by atomic mass is 16.2. The molecule has 0 saturated carbocycles. The number of aromatic nitrogens is 3. The predicted molar refractivity (Wildman–Crippen MR) is 83.2 cm³/mol. The molecular weight excluding hydrogens is 278 g/mol. The standard InChI is InChI=1S/C16H17N5O/c17-9-10-20(11-13-5-2-1-3-6-13)16(22)14-7-4-8-15-19-18-12-21(14)15/h1-8,12H,9-11,17H2. The number of pyridine rings is 1. The third-order valence-corrected chi connectivity index (χ3v) is 3.45. The molecule has 0 bridgehead atoms. The molecule has 3 rings (SSSR count). The number of rotatable bonds is 5. The first-order valence-corrected chi connectivity index (χ1v) is 7.11. The highest BCUT2D eigenvalue weighted by molar-refractivity contribution is 5.93. The van der Waals surface area contributed by atoms with E-state index in [0.717, 1.165) is 5.56 Å². The van der Waals surface area contributed by atoms with Crippen molar-refractivity contribution in [1.29, 1.82) is 0 Å².